The summed E-state index contributed by atoms with van der Waals surface area (Å²) in [4.78, 5) is 21.9. The molecule has 6 heteroatoms. The maximum atomic E-state index is 12.4. The van der Waals surface area contributed by atoms with Gasteiger partial charge in [-0.05, 0) is 61.1 Å². The van der Waals surface area contributed by atoms with E-state index in [4.69, 9.17) is 4.74 Å². The zero-order valence-corrected chi connectivity index (χ0v) is 19.9. The highest BCUT2D eigenvalue weighted by molar-refractivity contribution is 5.72. The summed E-state index contributed by atoms with van der Waals surface area (Å²) < 4.78 is 5.70. The summed E-state index contributed by atoms with van der Waals surface area (Å²) >= 11 is 0. The Morgan fingerprint density at radius 2 is 2.06 bits per heavy atom. The van der Waals surface area contributed by atoms with Crippen molar-refractivity contribution in [1.82, 2.24) is 15.2 Å². The molecule has 1 amide bonds. The third kappa shape index (κ3) is 4.45. The molecule has 176 valence electrons. The number of aromatic nitrogens is 1. The van der Waals surface area contributed by atoms with Crippen molar-refractivity contribution < 1.29 is 9.53 Å². The monoisotopic (exact) mass is 448 g/mol. The molecule has 1 aromatic heterocycles. The number of likely N-dealkylation sites (N-methyl/N-ethyl adjacent to an activating group) is 1. The number of anilines is 1. The topological polar surface area (TPSA) is 57.7 Å². The van der Waals surface area contributed by atoms with Crippen molar-refractivity contribution >= 4 is 11.8 Å². The molecular weight excluding hydrogens is 412 g/mol. The van der Waals surface area contributed by atoms with Crippen molar-refractivity contribution in [3.05, 3.63) is 53.9 Å². The number of rotatable bonds is 6. The second kappa shape index (κ2) is 9.34. The highest BCUT2D eigenvalue weighted by Crippen LogP contribution is 2.52. The number of hydrogen-bond acceptors (Lipinski definition) is 5. The van der Waals surface area contributed by atoms with Crippen molar-refractivity contribution in [2.24, 2.45) is 5.92 Å². The molecule has 0 spiro atoms. The molecule has 2 fully saturated rings. The summed E-state index contributed by atoms with van der Waals surface area (Å²) in [6.07, 6.45) is 10.2. The zero-order chi connectivity index (χ0) is 22.8. The Morgan fingerprint density at radius 1 is 1.21 bits per heavy atom. The van der Waals surface area contributed by atoms with Gasteiger partial charge in [0.1, 0.15) is 5.75 Å². The number of nitrogens with one attached hydrogen (secondary N) is 1. The van der Waals surface area contributed by atoms with E-state index in [0.717, 1.165) is 38.2 Å². The molecule has 1 saturated heterocycles. The molecule has 1 saturated carbocycles. The van der Waals surface area contributed by atoms with Gasteiger partial charge in [0, 0.05) is 56.1 Å². The Hall–Kier alpha value is -2.60. The normalized spacial score (nSPS) is 25.0. The zero-order valence-electron chi connectivity index (χ0n) is 19.9. The van der Waals surface area contributed by atoms with Crippen LogP contribution in [0, 0.1) is 5.92 Å². The van der Waals surface area contributed by atoms with E-state index in [0.29, 0.717) is 17.8 Å². The lowest BCUT2D eigenvalue weighted by atomic mass is 9.81. The van der Waals surface area contributed by atoms with Crippen LogP contribution in [0.15, 0.2) is 42.6 Å². The molecule has 2 aliphatic heterocycles. The van der Waals surface area contributed by atoms with Crippen LogP contribution in [-0.4, -0.2) is 48.8 Å². The second-order valence-electron chi connectivity index (χ2n) is 10.2. The first-order chi connectivity index (χ1) is 16.0. The fourth-order valence-electron chi connectivity index (χ4n) is 6.25. The van der Waals surface area contributed by atoms with Crippen molar-refractivity contribution in [3.8, 4) is 5.75 Å². The van der Waals surface area contributed by atoms with E-state index < -0.39 is 0 Å². The summed E-state index contributed by atoms with van der Waals surface area (Å²) in [6.45, 7) is 5.12. The average molecular weight is 449 g/mol. The van der Waals surface area contributed by atoms with Gasteiger partial charge >= 0.3 is 6.09 Å². The molecule has 1 unspecified atom stereocenters. The molecule has 33 heavy (non-hydrogen) atoms. The quantitative estimate of drug-likeness (QED) is 0.692. The lowest BCUT2D eigenvalue weighted by molar-refractivity contribution is 0.196. The van der Waals surface area contributed by atoms with Crippen LogP contribution in [0.2, 0.25) is 0 Å². The molecular formula is C27H36N4O2. The van der Waals surface area contributed by atoms with Gasteiger partial charge in [-0.25, -0.2) is 4.79 Å². The standard InChI is InChI=1S/C27H36N4O2/c1-27-14-17-31(16-13-21-10-6-7-15-28-21)25(27)30(2)24-12-11-22(18-23(24)27)33-26(32)29-19-20-8-4-3-5-9-20/h6-7,10-12,15,18,20,25H,3-5,8-9,13-14,16-17,19H2,1-2H3,(H,29,32)/t25?,27-/m0/s1. The number of carbonyl (C=O) groups excluding carboxylic acids is 1. The first kappa shape index (κ1) is 22.2. The van der Waals surface area contributed by atoms with E-state index in [-0.39, 0.29) is 11.5 Å². The van der Waals surface area contributed by atoms with Crippen LogP contribution in [0.1, 0.15) is 56.7 Å². The third-order valence-corrected chi connectivity index (χ3v) is 8.02. The highest BCUT2D eigenvalue weighted by atomic mass is 16.6. The summed E-state index contributed by atoms with van der Waals surface area (Å²) in [5.74, 6) is 1.23. The second-order valence-corrected chi connectivity index (χ2v) is 10.2. The number of hydrogen-bond donors (Lipinski definition) is 1. The summed E-state index contributed by atoms with van der Waals surface area (Å²) in [6, 6.07) is 12.3. The van der Waals surface area contributed by atoms with E-state index in [1.807, 2.05) is 18.3 Å². The van der Waals surface area contributed by atoms with Crippen molar-refractivity contribution in [1.29, 1.82) is 0 Å². The van der Waals surface area contributed by atoms with Crippen LogP contribution < -0.4 is 15.0 Å². The predicted octanol–water partition coefficient (Wildman–Crippen LogP) is 4.73. The minimum absolute atomic E-state index is 0.0200. The minimum atomic E-state index is -0.336. The SMILES string of the molecule is CN1c2ccc(OC(=O)NCC3CCCCC3)cc2[C@]2(C)CCN(CCc3ccccn3)C12. The fraction of sp³-hybridized carbons (Fsp3) is 0.556. The van der Waals surface area contributed by atoms with E-state index in [9.17, 15) is 4.79 Å². The Balaban J connectivity index is 1.24. The van der Waals surface area contributed by atoms with Gasteiger partial charge in [0.05, 0.1) is 6.17 Å². The lowest BCUT2D eigenvalue weighted by Crippen LogP contribution is -2.47. The van der Waals surface area contributed by atoms with Crippen molar-refractivity contribution in [2.45, 2.75) is 63.5 Å². The van der Waals surface area contributed by atoms with Gasteiger partial charge < -0.3 is 15.0 Å². The van der Waals surface area contributed by atoms with Gasteiger partial charge in [-0.3, -0.25) is 9.88 Å². The lowest BCUT2D eigenvalue weighted by Gasteiger charge is -2.34. The van der Waals surface area contributed by atoms with E-state index >= 15 is 0 Å². The molecule has 5 rings (SSSR count). The highest BCUT2D eigenvalue weighted by Gasteiger charge is 2.53. The minimum Gasteiger partial charge on any atom is -0.410 e. The molecule has 2 aromatic rings. The molecule has 6 nitrogen and oxygen atoms in total. The largest absolute Gasteiger partial charge is 0.412 e. The van der Waals surface area contributed by atoms with E-state index in [2.05, 4.69) is 58.3 Å². The number of ether oxygens (including phenoxy) is 1. The third-order valence-electron chi connectivity index (χ3n) is 8.02. The van der Waals surface area contributed by atoms with Gasteiger partial charge in [0.2, 0.25) is 0 Å². The smallest absolute Gasteiger partial charge is 0.410 e. The summed E-state index contributed by atoms with van der Waals surface area (Å²) in [5, 5.41) is 2.99. The molecule has 0 radical (unpaired) electrons. The van der Waals surface area contributed by atoms with Crippen LogP contribution in [0.5, 0.6) is 5.75 Å². The van der Waals surface area contributed by atoms with Crippen LogP contribution in [0.25, 0.3) is 0 Å². The van der Waals surface area contributed by atoms with Crippen molar-refractivity contribution in [3.63, 3.8) is 0 Å². The van der Waals surface area contributed by atoms with Crippen LogP contribution in [-0.2, 0) is 11.8 Å². The molecule has 2 atom stereocenters. The molecule has 3 aliphatic rings. The Morgan fingerprint density at radius 3 is 2.85 bits per heavy atom. The van der Waals surface area contributed by atoms with Gasteiger partial charge in [0.15, 0.2) is 0 Å². The number of pyridine rings is 1. The van der Waals surface area contributed by atoms with Gasteiger partial charge in [-0.1, -0.05) is 32.3 Å². The molecule has 1 aliphatic carbocycles. The number of nitrogens with zero attached hydrogens (tertiary/aromatic N) is 3. The molecule has 1 aromatic carbocycles. The van der Waals surface area contributed by atoms with Crippen LogP contribution >= 0.6 is 0 Å². The fourth-order valence-corrected chi connectivity index (χ4v) is 6.25. The number of benzene rings is 1. The molecule has 3 heterocycles. The molecule has 0 bridgehead atoms. The Bertz CT molecular complexity index is 975. The van der Waals surface area contributed by atoms with E-state index in [1.54, 1.807) is 0 Å². The summed E-state index contributed by atoms with van der Waals surface area (Å²) in [5.41, 5.74) is 3.68. The average Bonchev–Trinajstić information content (AvgIpc) is 3.29. The van der Waals surface area contributed by atoms with E-state index in [1.165, 1.54) is 43.4 Å². The van der Waals surface area contributed by atoms with Gasteiger partial charge in [0.25, 0.3) is 0 Å². The number of amides is 1. The first-order valence-corrected chi connectivity index (χ1v) is 12.5. The van der Waals surface area contributed by atoms with Gasteiger partial charge in [-0.2, -0.15) is 0 Å². The number of likely N-dealkylation sites (tertiary alicyclic amines) is 1. The Labute approximate surface area is 197 Å². The summed E-state index contributed by atoms with van der Waals surface area (Å²) in [7, 11) is 2.19. The maximum absolute atomic E-state index is 12.4. The Kier molecular flexibility index (Phi) is 6.28. The van der Waals surface area contributed by atoms with Gasteiger partial charge in [-0.15, -0.1) is 0 Å². The van der Waals surface area contributed by atoms with Crippen LogP contribution in [0.3, 0.4) is 0 Å². The molecule has 1 N–H and O–H groups in total. The predicted molar refractivity (Wildman–Crippen MR) is 131 cm³/mol. The first-order valence-electron chi connectivity index (χ1n) is 12.5. The number of fused-ring (bicyclic) bond motifs is 3. The maximum Gasteiger partial charge on any atom is 0.412 e. The van der Waals surface area contributed by atoms with Crippen molar-refractivity contribution in [2.75, 3.05) is 31.6 Å². The number of carbonyl (C=O) groups is 1. The van der Waals surface area contributed by atoms with Crippen LogP contribution in [0.4, 0.5) is 10.5 Å².